The lowest BCUT2D eigenvalue weighted by Crippen LogP contribution is -2.09. The molecule has 0 saturated carbocycles. The average molecular weight is 240 g/mol. The molecule has 16 heavy (non-hydrogen) atoms. The third-order valence-corrected chi connectivity index (χ3v) is 3.63. The largest absolute Gasteiger partial charge is 0.373 e. The molecule has 0 aliphatic heterocycles. The van der Waals surface area contributed by atoms with Gasteiger partial charge in [0.25, 0.3) is 0 Å². The van der Waals surface area contributed by atoms with Crippen molar-refractivity contribution in [1.29, 1.82) is 0 Å². The van der Waals surface area contributed by atoms with Crippen molar-refractivity contribution in [3.63, 3.8) is 0 Å². The summed E-state index contributed by atoms with van der Waals surface area (Å²) in [7, 11) is 0. The molecule has 2 nitrogen and oxygen atoms in total. The Bertz CT molecular complexity index is 328. The molecule has 90 valence electrons. The van der Waals surface area contributed by atoms with Crippen LogP contribution < -0.4 is 0 Å². The molecular formula is C13H20O2S. The first kappa shape index (κ1) is 13.4. The lowest BCUT2D eigenvalue weighted by atomic mass is 10.1. The summed E-state index contributed by atoms with van der Waals surface area (Å²) in [5, 5.41) is 0. The molecule has 3 heteroatoms. The van der Waals surface area contributed by atoms with E-state index in [-0.39, 0.29) is 12.4 Å². The van der Waals surface area contributed by atoms with Crippen molar-refractivity contribution >= 4 is 17.1 Å². The van der Waals surface area contributed by atoms with Crippen LogP contribution in [0, 0.1) is 5.92 Å². The number of carbonyl (C=O) groups is 1. The Hall–Kier alpha value is -0.670. The van der Waals surface area contributed by atoms with Gasteiger partial charge in [-0.1, -0.05) is 20.8 Å². The van der Waals surface area contributed by atoms with Crippen molar-refractivity contribution in [3.8, 4) is 0 Å². The Morgan fingerprint density at radius 2 is 2.19 bits per heavy atom. The van der Waals surface area contributed by atoms with Gasteiger partial charge in [-0.15, -0.1) is 11.3 Å². The fraction of sp³-hybridized carbons (Fsp3) is 0.615. The summed E-state index contributed by atoms with van der Waals surface area (Å²) in [5.74, 6) is 0.733. The topological polar surface area (TPSA) is 26.3 Å². The molecule has 0 aliphatic carbocycles. The third-order valence-electron chi connectivity index (χ3n) is 2.36. The molecule has 1 aromatic heterocycles. The molecule has 0 amide bonds. The van der Waals surface area contributed by atoms with Gasteiger partial charge >= 0.3 is 0 Å². The zero-order chi connectivity index (χ0) is 12.0. The van der Waals surface area contributed by atoms with Crippen LogP contribution in [-0.2, 0) is 11.2 Å². The van der Waals surface area contributed by atoms with Crippen molar-refractivity contribution in [2.45, 2.75) is 33.6 Å². The summed E-state index contributed by atoms with van der Waals surface area (Å²) in [4.78, 5) is 13.8. The molecule has 0 N–H and O–H groups in total. The fourth-order valence-electron chi connectivity index (χ4n) is 1.27. The highest BCUT2D eigenvalue weighted by Gasteiger charge is 2.08. The van der Waals surface area contributed by atoms with Crippen LogP contribution in [0.4, 0.5) is 0 Å². The minimum absolute atomic E-state index is 0.105. The molecule has 0 unspecified atom stereocenters. The Balaban J connectivity index is 2.29. The van der Waals surface area contributed by atoms with Gasteiger partial charge in [0.2, 0.25) is 0 Å². The maximum Gasteiger partial charge on any atom is 0.198 e. The number of carbonyl (C=O) groups excluding carboxylic acids is 1. The van der Waals surface area contributed by atoms with E-state index in [4.69, 9.17) is 4.74 Å². The van der Waals surface area contributed by atoms with E-state index in [0.29, 0.717) is 12.5 Å². The number of hydrogen-bond acceptors (Lipinski definition) is 3. The molecule has 0 spiro atoms. The normalized spacial score (nSPS) is 11.0. The zero-order valence-corrected chi connectivity index (χ0v) is 11.1. The monoisotopic (exact) mass is 240 g/mol. The van der Waals surface area contributed by atoms with Gasteiger partial charge in [-0.25, -0.2) is 0 Å². The predicted molar refractivity (Wildman–Crippen MR) is 68.3 cm³/mol. The standard InChI is InChI=1S/C13H20O2S/c1-4-11-5-6-13(16-11)12(14)9-15-8-7-10(2)3/h5-6,10H,4,7-9H2,1-3H3. The molecule has 0 bridgehead atoms. The van der Waals surface area contributed by atoms with Crippen LogP contribution in [0.2, 0.25) is 0 Å². The maximum atomic E-state index is 11.7. The molecule has 0 radical (unpaired) electrons. The zero-order valence-electron chi connectivity index (χ0n) is 10.3. The van der Waals surface area contributed by atoms with Gasteiger partial charge < -0.3 is 4.74 Å². The highest BCUT2D eigenvalue weighted by Crippen LogP contribution is 2.17. The maximum absolute atomic E-state index is 11.7. The van der Waals surface area contributed by atoms with Gasteiger partial charge in [-0.05, 0) is 30.9 Å². The second kappa shape index (κ2) is 6.81. The Morgan fingerprint density at radius 3 is 2.75 bits per heavy atom. The average Bonchev–Trinajstić information content (AvgIpc) is 2.72. The number of aryl methyl sites for hydroxylation is 1. The van der Waals surface area contributed by atoms with Crippen molar-refractivity contribution in [1.82, 2.24) is 0 Å². The van der Waals surface area contributed by atoms with E-state index in [1.807, 2.05) is 12.1 Å². The van der Waals surface area contributed by atoms with Crippen LogP contribution in [0.5, 0.6) is 0 Å². The first-order valence-electron chi connectivity index (χ1n) is 5.83. The molecule has 0 aliphatic rings. The van der Waals surface area contributed by atoms with E-state index in [9.17, 15) is 4.79 Å². The summed E-state index contributed by atoms with van der Waals surface area (Å²) in [5.41, 5.74) is 0. The molecule has 0 saturated heterocycles. The highest BCUT2D eigenvalue weighted by molar-refractivity contribution is 7.14. The van der Waals surface area contributed by atoms with E-state index in [1.54, 1.807) is 11.3 Å². The molecule has 0 atom stereocenters. The van der Waals surface area contributed by atoms with Crippen LogP contribution in [0.15, 0.2) is 12.1 Å². The quantitative estimate of drug-likeness (QED) is 0.538. The number of thiophene rings is 1. The van der Waals surface area contributed by atoms with E-state index >= 15 is 0 Å². The summed E-state index contributed by atoms with van der Waals surface area (Å²) in [6.07, 6.45) is 2.00. The number of rotatable bonds is 7. The minimum atomic E-state index is 0.105. The summed E-state index contributed by atoms with van der Waals surface area (Å²) in [6.45, 7) is 7.29. The van der Waals surface area contributed by atoms with Crippen molar-refractivity contribution in [2.24, 2.45) is 5.92 Å². The predicted octanol–water partition coefficient (Wildman–Crippen LogP) is 3.56. The highest BCUT2D eigenvalue weighted by atomic mass is 32.1. The van der Waals surface area contributed by atoms with E-state index in [2.05, 4.69) is 20.8 Å². The number of ketones is 1. The minimum Gasteiger partial charge on any atom is -0.373 e. The molecule has 1 aromatic rings. The van der Waals surface area contributed by atoms with E-state index < -0.39 is 0 Å². The summed E-state index contributed by atoms with van der Waals surface area (Å²) < 4.78 is 5.36. The summed E-state index contributed by atoms with van der Waals surface area (Å²) in [6, 6.07) is 3.92. The van der Waals surface area contributed by atoms with Crippen LogP contribution >= 0.6 is 11.3 Å². The van der Waals surface area contributed by atoms with E-state index in [0.717, 1.165) is 17.7 Å². The van der Waals surface area contributed by atoms with Crippen molar-refractivity contribution in [3.05, 3.63) is 21.9 Å². The molecular weight excluding hydrogens is 220 g/mol. The van der Waals surface area contributed by atoms with Gasteiger partial charge in [-0.2, -0.15) is 0 Å². The van der Waals surface area contributed by atoms with Crippen LogP contribution in [-0.4, -0.2) is 19.0 Å². The lowest BCUT2D eigenvalue weighted by molar-refractivity contribution is 0.0743. The molecule has 0 aromatic carbocycles. The molecule has 1 rings (SSSR count). The van der Waals surface area contributed by atoms with Gasteiger partial charge in [0, 0.05) is 11.5 Å². The van der Waals surface area contributed by atoms with Crippen molar-refractivity contribution in [2.75, 3.05) is 13.2 Å². The van der Waals surface area contributed by atoms with Crippen molar-refractivity contribution < 1.29 is 9.53 Å². The van der Waals surface area contributed by atoms with Gasteiger partial charge in [0.1, 0.15) is 6.61 Å². The van der Waals surface area contributed by atoms with Crippen LogP contribution in [0.3, 0.4) is 0 Å². The SMILES string of the molecule is CCc1ccc(C(=O)COCCC(C)C)s1. The summed E-state index contributed by atoms with van der Waals surface area (Å²) >= 11 is 1.58. The van der Waals surface area contributed by atoms with Gasteiger partial charge in [-0.3, -0.25) is 4.79 Å². The first-order valence-corrected chi connectivity index (χ1v) is 6.64. The Morgan fingerprint density at radius 1 is 1.44 bits per heavy atom. The second-order valence-electron chi connectivity index (χ2n) is 4.28. The lowest BCUT2D eigenvalue weighted by Gasteiger charge is -2.04. The smallest absolute Gasteiger partial charge is 0.198 e. The van der Waals surface area contributed by atoms with Crippen LogP contribution in [0.25, 0.3) is 0 Å². The molecule has 1 heterocycles. The number of hydrogen-bond donors (Lipinski definition) is 0. The first-order chi connectivity index (χ1) is 7.63. The second-order valence-corrected chi connectivity index (χ2v) is 5.45. The third kappa shape index (κ3) is 4.45. The van der Waals surface area contributed by atoms with Gasteiger partial charge in [0.05, 0.1) is 4.88 Å². The number of ether oxygens (including phenoxy) is 1. The molecule has 0 fully saturated rings. The van der Waals surface area contributed by atoms with E-state index in [1.165, 1.54) is 4.88 Å². The Kier molecular flexibility index (Phi) is 5.71. The van der Waals surface area contributed by atoms with Gasteiger partial charge in [0.15, 0.2) is 5.78 Å². The Labute approximate surface area is 102 Å². The fourth-order valence-corrected chi connectivity index (χ4v) is 2.14. The van der Waals surface area contributed by atoms with Crippen LogP contribution in [0.1, 0.15) is 41.7 Å². The number of Topliss-reactive ketones (excluding diaryl/α,β-unsaturated/α-hetero) is 1.